The van der Waals surface area contributed by atoms with Gasteiger partial charge in [-0.05, 0) is 31.6 Å². The molecule has 0 bridgehead atoms. The molecule has 0 aromatic heterocycles. The molecule has 0 aliphatic carbocycles. The maximum atomic E-state index is 12.1. The summed E-state index contributed by atoms with van der Waals surface area (Å²) in [6, 6.07) is 19.9. The molecular formula is C19H23NO2. The molecule has 2 aromatic carbocycles. The van der Waals surface area contributed by atoms with Crippen molar-refractivity contribution in [3.63, 3.8) is 0 Å². The Balaban J connectivity index is 1.93. The summed E-state index contributed by atoms with van der Waals surface area (Å²) in [5.41, 5.74) is 2.19. The number of nitrogens with zero attached hydrogens (tertiary/aromatic N) is 1. The van der Waals surface area contributed by atoms with Crippen molar-refractivity contribution in [1.29, 1.82) is 0 Å². The highest BCUT2D eigenvalue weighted by molar-refractivity contribution is 5.70. The van der Waals surface area contributed by atoms with E-state index in [1.54, 1.807) is 0 Å². The van der Waals surface area contributed by atoms with E-state index in [2.05, 4.69) is 0 Å². The Morgan fingerprint density at radius 3 is 2.18 bits per heavy atom. The second-order valence-corrected chi connectivity index (χ2v) is 5.64. The van der Waals surface area contributed by atoms with E-state index in [-0.39, 0.29) is 12.1 Å². The summed E-state index contributed by atoms with van der Waals surface area (Å²) in [4.78, 5) is 14.2. The van der Waals surface area contributed by atoms with Crippen molar-refractivity contribution < 1.29 is 9.53 Å². The third-order valence-electron chi connectivity index (χ3n) is 3.44. The third-order valence-corrected chi connectivity index (χ3v) is 3.44. The summed E-state index contributed by atoms with van der Waals surface area (Å²) in [7, 11) is 3.96. The fourth-order valence-electron chi connectivity index (χ4n) is 2.32. The third kappa shape index (κ3) is 5.34. The fourth-order valence-corrected chi connectivity index (χ4v) is 2.32. The van der Waals surface area contributed by atoms with Gasteiger partial charge in [-0.1, -0.05) is 60.7 Å². The lowest BCUT2D eigenvalue weighted by molar-refractivity contribution is -0.150. The second-order valence-electron chi connectivity index (χ2n) is 5.64. The highest BCUT2D eigenvalue weighted by atomic mass is 16.5. The molecule has 1 unspecified atom stereocenters. The zero-order valence-electron chi connectivity index (χ0n) is 13.2. The van der Waals surface area contributed by atoms with Crippen molar-refractivity contribution >= 4 is 5.97 Å². The molecule has 22 heavy (non-hydrogen) atoms. The first-order chi connectivity index (χ1) is 10.6. The first-order valence-corrected chi connectivity index (χ1v) is 7.58. The van der Waals surface area contributed by atoms with Crippen molar-refractivity contribution in [2.45, 2.75) is 18.9 Å². The average molecular weight is 297 g/mol. The van der Waals surface area contributed by atoms with Gasteiger partial charge in [-0.15, -0.1) is 0 Å². The number of carbonyl (C=O) groups is 1. The van der Waals surface area contributed by atoms with E-state index in [4.69, 9.17) is 4.74 Å². The Morgan fingerprint density at radius 1 is 1.00 bits per heavy atom. The van der Waals surface area contributed by atoms with Gasteiger partial charge in [-0.2, -0.15) is 0 Å². The molecule has 2 aromatic rings. The van der Waals surface area contributed by atoms with Gasteiger partial charge in [0.05, 0.1) is 0 Å². The van der Waals surface area contributed by atoms with Crippen molar-refractivity contribution in [2.75, 3.05) is 20.6 Å². The first kappa shape index (κ1) is 16.2. The van der Waals surface area contributed by atoms with Gasteiger partial charge in [-0.25, -0.2) is 0 Å². The average Bonchev–Trinajstić information content (AvgIpc) is 2.54. The highest BCUT2D eigenvalue weighted by Crippen LogP contribution is 2.19. The minimum Gasteiger partial charge on any atom is -0.456 e. The van der Waals surface area contributed by atoms with Crippen LogP contribution >= 0.6 is 0 Å². The molecule has 0 saturated carbocycles. The molecule has 0 aliphatic rings. The van der Waals surface area contributed by atoms with Gasteiger partial charge in [0.1, 0.15) is 6.10 Å². The zero-order chi connectivity index (χ0) is 15.8. The van der Waals surface area contributed by atoms with Gasteiger partial charge < -0.3 is 9.64 Å². The molecule has 0 heterocycles. The second kappa shape index (κ2) is 8.35. The van der Waals surface area contributed by atoms with Crippen LogP contribution in [0.2, 0.25) is 0 Å². The van der Waals surface area contributed by atoms with Gasteiger partial charge in [0.2, 0.25) is 0 Å². The van der Waals surface area contributed by atoms with E-state index in [1.165, 1.54) is 0 Å². The van der Waals surface area contributed by atoms with Crippen LogP contribution < -0.4 is 0 Å². The summed E-state index contributed by atoms with van der Waals surface area (Å²) >= 11 is 0. The van der Waals surface area contributed by atoms with Crippen LogP contribution in [0, 0.1) is 0 Å². The van der Waals surface area contributed by atoms with Crippen LogP contribution in [-0.2, 0) is 16.0 Å². The fraction of sp³-hybridized carbons (Fsp3) is 0.316. The topological polar surface area (TPSA) is 29.5 Å². The number of benzene rings is 2. The number of hydrogen-bond donors (Lipinski definition) is 0. The number of rotatable bonds is 7. The lowest BCUT2D eigenvalue weighted by Gasteiger charge is -2.22. The monoisotopic (exact) mass is 297 g/mol. The molecule has 0 amide bonds. The van der Waals surface area contributed by atoms with Gasteiger partial charge in [-0.3, -0.25) is 4.79 Å². The van der Waals surface area contributed by atoms with E-state index in [0.29, 0.717) is 19.4 Å². The van der Waals surface area contributed by atoms with Gasteiger partial charge in [0.25, 0.3) is 0 Å². The lowest BCUT2D eigenvalue weighted by Crippen LogP contribution is -2.24. The molecule has 0 aliphatic heterocycles. The van der Waals surface area contributed by atoms with Gasteiger partial charge >= 0.3 is 5.97 Å². The molecule has 0 saturated heterocycles. The quantitative estimate of drug-likeness (QED) is 0.733. The van der Waals surface area contributed by atoms with Crippen LogP contribution in [-0.4, -0.2) is 31.5 Å². The van der Waals surface area contributed by atoms with E-state index in [1.807, 2.05) is 79.7 Å². The maximum Gasteiger partial charge on any atom is 0.306 e. The minimum absolute atomic E-state index is 0.153. The molecule has 3 heteroatoms. The van der Waals surface area contributed by atoms with Crippen molar-refractivity contribution in [2.24, 2.45) is 0 Å². The number of carbonyl (C=O) groups excluding carboxylic acids is 1. The smallest absolute Gasteiger partial charge is 0.306 e. The predicted octanol–water partition coefficient (Wildman–Crippen LogP) is 3.47. The van der Waals surface area contributed by atoms with Crippen LogP contribution in [0.1, 0.15) is 23.7 Å². The molecule has 0 spiro atoms. The first-order valence-electron chi connectivity index (χ1n) is 7.58. The normalized spacial score (nSPS) is 12.1. The van der Waals surface area contributed by atoms with Crippen LogP contribution in [0.25, 0.3) is 0 Å². The van der Waals surface area contributed by atoms with Crippen molar-refractivity contribution in [3.05, 3.63) is 71.8 Å². The van der Waals surface area contributed by atoms with Crippen LogP contribution in [0.4, 0.5) is 0 Å². The van der Waals surface area contributed by atoms with Crippen LogP contribution in [0.5, 0.6) is 0 Å². The van der Waals surface area contributed by atoms with E-state index >= 15 is 0 Å². The lowest BCUT2D eigenvalue weighted by atomic mass is 10.1. The van der Waals surface area contributed by atoms with E-state index < -0.39 is 0 Å². The molecule has 2 rings (SSSR count). The number of ether oxygens (including phenoxy) is 1. The maximum absolute atomic E-state index is 12.1. The molecule has 0 fully saturated rings. The number of likely N-dealkylation sites (N-methyl/N-ethyl adjacent to an activating group) is 1. The molecule has 1 atom stereocenters. The number of hydrogen-bond acceptors (Lipinski definition) is 3. The molecule has 3 nitrogen and oxygen atoms in total. The molecular weight excluding hydrogens is 274 g/mol. The van der Waals surface area contributed by atoms with E-state index in [9.17, 15) is 4.79 Å². The van der Waals surface area contributed by atoms with Crippen molar-refractivity contribution in [1.82, 2.24) is 4.90 Å². The van der Waals surface area contributed by atoms with Crippen molar-refractivity contribution in [3.8, 4) is 0 Å². The number of aryl methyl sites for hydroxylation is 1. The Morgan fingerprint density at radius 2 is 1.59 bits per heavy atom. The Labute approximate surface area is 132 Å². The van der Waals surface area contributed by atoms with Gasteiger partial charge in [0, 0.05) is 13.0 Å². The standard InChI is InChI=1S/C19H23NO2/c1-20(2)15-18(17-11-7-4-8-12-17)22-19(21)14-13-16-9-5-3-6-10-16/h3-12,18H,13-15H2,1-2H3. The minimum atomic E-state index is -0.223. The van der Waals surface area contributed by atoms with Gasteiger partial charge in [0.15, 0.2) is 0 Å². The Kier molecular flexibility index (Phi) is 6.16. The van der Waals surface area contributed by atoms with Crippen LogP contribution in [0.15, 0.2) is 60.7 Å². The van der Waals surface area contributed by atoms with Crippen LogP contribution in [0.3, 0.4) is 0 Å². The Bertz CT molecular complexity index is 567. The molecule has 0 N–H and O–H groups in total. The summed E-state index contributed by atoms with van der Waals surface area (Å²) in [6.45, 7) is 0.682. The summed E-state index contributed by atoms with van der Waals surface area (Å²) < 4.78 is 5.69. The SMILES string of the molecule is CN(C)CC(OC(=O)CCc1ccccc1)c1ccccc1. The Hall–Kier alpha value is -2.13. The largest absolute Gasteiger partial charge is 0.456 e. The summed E-state index contributed by atoms with van der Waals surface area (Å²) in [5.74, 6) is -0.153. The predicted molar refractivity (Wildman–Crippen MR) is 88.6 cm³/mol. The van der Waals surface area contributed by atoms with E-state index in [0.717, 1.165) is 11.1 Å². The summed E-state index contributed by atoms with van der Waals surface area (Å²) in [6.07, 6.45) is 0.892. The zero-order valence-corrected chi connectivity index (χ0v) is 13.2. The summed E-state index contributed by atoms with van der Waals surface area (Å²) in [5, 5.41) is 0. The molecule has 0 radical (unpaired) electrons. The highest BCUT2D eigenvalue weighted by Gasteiger charge is 2.17. The number of esters is 1. The molecule has 116 valence electrons.